The molecule has 102 valence electrons. The van der Waals surface area contributed by atoms with Crippen LogP contribution < -0.4 is 0 Å². The van der Waals surface area contributed by atoms with Gasteiger partial charge in [-0.2, -0.15) is 13.2 Å². The minimum absolute atomic E-state index is 0.0158. The fourth-order valence-electron chi connectivity index (χ4n) is 1.80. The van der Waals surface area contributed by atoms with E-state index in [1.54, 1.807) is 0 Å². The van der Waals surface area contributed by atoms with Crippen molar-refractivity contribution < 1.29 is 30.7 Å². The largest absolute Gasteiger partial charge is 0.422 e. The van der Waals surface area contributed by atoms with Gasteiger partial charge in [-0.15, -0.1) is 0 Å². The Morgan fingerprint density at radius 3 is 1.74 bits per heavy atom. The van der Waals surface area contributed by atoms with Crippen molar-refractivity contribution in [2.75, 3.05) is 0 Å². The van der Waals surface area contributed by atoms with Crippen LogP contribution in [0.15, 0.2) is 18.2 Å². The lowest BCUT2D eigenvalue weighted by Gasteiger charge is -2.14. The molecule has 0 nitrogen and oxygen atoms in total. The molecule has 0 radical (unpaired) electrons. The lowest BCUT2D eigenvalue weighted by molar-refractivity contribution is -0.143. The van der Waals surface area contributed by atoms with E-state index in [0.29, 0.717) is 0 Å². The Bertz CT molecular complexity index is 564. The monoisotopic (exact) mass is 282 g/mol. The molecule has 0 N–H and O–H groups in total. The number of halogens is 7. The fourth-order valence-corrected chi connectivity index (χ4v) is 1.80. The minimum atomic E-state index is -5.52. The topological polar surface area (TPSA) is 0 Å². The van der Waals surface area contributed by atoms with Gasteiger partial charge in [0, 0.05) is 0 Å². The van der Waals surface area contributed by atoms with Crippen molar-refractivity contribution in [3.63, 3.8) is 0 Å². The summed E-state index contributed by atoms with van der Waals surface area (Å²) in [5.41, 5.74) is -3.78. The molecule has 0 spiro atoms. The summed E-state index contributed by atoms with van der Waals surface area (Å²) in [4.78, 5) is 0. The van der Waals surface area contributed by atoms with Crippen LogP contribution in [0.5, 0.6) is 0 Å². The van der Waals surface area contributed by atoms with Crippen LogP contribution in [0.1, 0.15) is 17.5 Å². The Kier molecular flexibility index (Phi) is 3.15. The van der Waals surface area contributed by atoms with Gasteiger partial charge >= 0.3 is 6.18 Å². The Morgan fingerprint density at radius 1 is 0.842 bits per heavy atom. The van der Waals surface area contributed by atoms with E-state index >= 15 is 0 Å². The highest BCUT2D eigenvalue weighted by Crippen LogP contribution is 2.39. The molecule has 1 aliphatic carbocycles. The zero-order chi connectivity index (χ0) is 14.4. The minimum Gasteiger partial charge on any atom is -0.203 e. The molecule has 19 heavy (non-hydrogen) atoms. The summed E-state index contributed by atoms with van der Waals surface area (Å²) in [7, 11) is 0. The van der Waals surface area contributed by atoms with Gasteiger partial charge in [-0.05, 0) is 12.0 Å². The van der Waals surface area contributed by atoms with Crippen LogP contribution in [0, 0.1) is 23.3 Å². The van der Waals surface area contributed by atoms with Gasteiger partial charge in [0.25, 0.3) is 0 Å². The highest BCUT2D eigenvalue weighted by Gasteiger charge is 2.42. The van der Waals surface area contributed by atoms with Crippen LogP contribution in [0.3, 0.4) is 0 Å². The second-order valence-electron chi connectivity index (χ2n) is 3.83. The molecule has 0 aromatic heterocycles. The number of hydrogen-bond donors (Lipinski definition) is 0. The Hall–Kier alpha value is -1.79. The molecular weight excluding hydrogens is 277 g/mol. The molecule has 1 aliphatic rings. The second-order valence-corrected chi connectivity index (χ2v) is 3.83. The van der Waals surface area contributed by atoms with Crippen molar-refractivity contribution in [2.24, 2.45) is 0 Å². The van der Waals surface area contributed by atoms with E-state index in [1.807, 2.05) is 0 Å². The van der Waals surface area contributed by atoms with Crippen LogP contribution in [-0.2, 0) is 6.18 Å². The molecule has 0 saturated carbocycles. The molecule has 0 atom stereocenters. The van der Waals surface area contributed by atoms with Crippen LogP contribution in [-0.4, -0.2) is 0 Å². The molecule has 1 aromatic rings. The van der Waals surface area contributed by atoms with E-state index < -0.39 is 40.6 Å². The number of alkyl halides is 3. The average Bonchev–Trinajstić information content (AvgIpc) is 2.79. The van der Waals surface area contributed by atoms with Crippen molar-refractivity contribution >= 4 is 5.57 Å². The van der Waals surface area contributed by atoms with E-state index in [-0.39, 0.29) is 12.0 Å². The lowest BCUT2D eigenvalue weighted by Crippen LogP contribution is -2.16. The molecule has 0 amide bonds. The number of rotatable bonds is 1. The molecule has 7 heteroatoms. The SMILES string of the molecule is Fc1c(F)c(C(F)(F)F)c(F)c(F)c1C1=CC=CC1. The Balaban J connectivity index is 2.74. The Labute approximate surface area is 102 Å². The number of benzene rings is 1. The summed E-state index contributed by atoms with van der Waals surface area (Å²) in [6.07, 6.45) is -1.54. The van der Waals surface area contributed by atoms with Gasteiger partial charge in [-0.3, -0.25) is 0 Å². The predicted molar refractivity (Wildman–Crippen MR) is 53.0 cm³/mol. The summed E-state index contributed by atoms with van der Waals surface area (Å²) in [5, 5.41) is 0. The molecule has 0 unspecified atom stereocenters. The maximum absolute atomic E-state index is 13.5. The normalized spacial score (nSPS) is 15.0. The zero-order valence-corrected chi connectivity index (χ0v) is 9.08. The molecule has 1 aromatic carbocycles. The quantitative estimate of drug-likeness (QED) is 0.521. The summed E-state index contributed by atoms with van der Waals surface area (Å²) in [6.45, 7) is 0. The Morgan fingerprint density at radius 2 is 1.37 bits per heavy atom. The molecule has 2 rings (SSSR count). The first-order chi connectivity index (χ1) is 8.75. The summed E-state index contributed by atoms with van der Waals surface area (Å²) < 4.78 is 90.7. The maximum Gasteiger partial charge on any atom is 0.422 e. The third-order valence-electron chi connectivity index (χ3n) is 2.64. The first kappa shape index (κ1) is 13.6. The summed E-state index contributed by atoms with van der Waals surface area (Å²) in [5.74, 6) is -8.95. The molecule has 0 bridgehead atoms. The standard InChI is InChI=1S/C12H5F7/c13-8-6(5-3-1-2-4-5)9(14)11(16)7(10(8)15)12(17,18)19/h1-3H,4H2. The maximum atomic E-state index is 13.5. The molecular formula is C12H5F7. The first-order valence-corrected chi connectivity index (χ1v) is 5.04. The number of hydrogen-bond acceptors (Lipinski definition) is 0. The van der Waals surface area contributed by atoms with Gasteiger partial charge in [0.15, 0.2) is 23.3 Å². The van der Waals surface area contributed by atoms with Crippen molar-refractivity contribution in [1.82, 2.24) is 0 Å². The van der Waals surface area contributed by atoms with Crippen molar-refractivity contribution in [3.05, 3.63) is 52.6 Å². The van der Waals surface area contributed by atoms with E-state index in [2.05, 4.69) is 0 Å². The predicted octanol–water partition coefficient (Wildman–Crippen LogP) is 4.61. The van der Waals surface area contributed by atoms with E-state index in [0.717, 1.165) is 0 Å². The molecule has 0 saturated heterocycles. The van der Waals surface area contributed by atoms with Gasteiger partial charge in [-0.25, -0.2) is 17.6 Å². The lowest BCUT2D eigenvalue weighted by atomic mass is 10.00. The van der Waals surface area contributed by atoms with Crippen molar-refractivity contribution in [2.45, 2.75) is 12.6 Å². The molecule has 0 fully saturated rings. The van der Waals surface area contributed by atoms with E-state index in [4.69, 9.17) is 0 Å². The van der Waals surface area contributed by atoms with Crippen LogP contribution >= 0.6 is 0 Å². The first-order valence-electron chi connectivity index (χ1n) is 5.04. The summed E-state index contributed by atoms with van der Waals surface area (Å²) in [6, 6.07) is 0. The van der Waals surface area contributed by atoms with E-state index in [1.165, 1.54) is 18.2 Å². The van der Waals surface area contributed by atoms with Crippen LogP contribution in [0.4, 0.5) is 30.7 Å². The molecule has 0 heterocycles. The van der Waals surface area contributed by atoms with Crippen LogP contribution in [0.25, 0.3) is 5.57 Å². The molecule has 0 aliphatic heterocycles. The van der Waals surface area contributed by atoms with Crippen LogP contribution in [0.2, 0.25) is 0 Å². The third kappa shape index (κ3) is 2.13. The van der Waals surface area contributed by atoms with E-state index in [9.17, 15) is 30.7 Å². The van der Waals surface area contributed by atoms with Gasteiger partial charge in [0.1, 0.15) is 5.56 Å². The average molecular weight is 282 g/mol. The second kappa shape index (κ2) is 4.40. The summed E-state index contributed by atoms with van der Waals surface area (Å²) >= 11 is 0. The fraction of sp³-hybridized carbons (Fsp3) is 0.167. The number of allylic oxidation sites excluding steroid dienone is 4. The highest BCUT2D eigenvalue weighted by atomic mass is 19.4. The van der Waals surface area contributed by atoms with Crippen molar-refractivity contribution in [3.8, 4) is 0 Å². The highest BCUT2D eigenvalue weighted by molar-refractivity contribution is 5.72. The third-order valence-corrected chi connectivity index (χ3v) is 2.64. The van der Waals surface area contributed by atoms with Gasteiger partial charge in [0.2, 0.25) is 0 Å². The van der Waals surface area contributed by atoms with Gasteiger partial charge in [-0.1, -0.05) is 18.2 Å². The van der Waals surface area contributed by atoms with Crippen molar-refractivity contribution in [1.29, 1.82) is 0 Å². The van der Waals surface area contributed by atoms with Gasteiger partial charge in [0.05, 0.1) is 5.56 Å². The zero-order valence-electron chi connectivity index (χ0n) is 9.08. The smallest absolute Gasteiger partial charge is 0.203 e. The van der Waals surface area contributed by atoms with Gasteiger partial charge < -0.3 is 0 Å².